The molecule has 1 aliphatic rings. The van der Waals surface area contributed by atoms with E-state index in [-0.39, 0.29) is 0 Å². The molecular formula is C23H23ClN4O2. The standard InChI is InChI=1S/C23H23ClN4O2/c1-29-20-11-17-19(12-21(20)30-2)26-23(25-15-5-3-4-6-15)18-13-28(27-22(17)18)16-9-7-14(24)8-10-16/h7-13,15H,3-6H2,1-2H3,(H,25,26). The highest BCUT2D eigenvalue weighted by molar-refractivity contribution is 6.30. The Morgan fingerprint density at radius 3 is 2.40 bits per heavy atom. The van der Waals surface area contributed by atoms with Crippen molar-refractivity contribution in [3.63, 3.8) is 0 Å². The van der Waals surface area contributed by atoms with Crippen LogP contribution in [-0.4, -0.2) is 35.0 Å². The number of methoxy groups -OCH3 is 2. The van der Waals surface area contributed by atoms with E-state index in [4.69, 9.17) is 31.2 Å². The molecule has 1 fully saturated rings. The SMILES string of the molecule is COc1cc2nc(NC3CCCC3)c3cn(-c4ccc(Cl)cc4)nc3c2cc1OC. The summed E-state index contributed by atoms with van der Waals surface area (Å²) in [6.07, 6.45) is 6.86. The Morgan fingerprint density at radius 2 is 1.70 bits per heavy atom. The van der Waals surface area contributed by atoms with Gasteiger partial charge in [-0.15, -0.1) is 0 Å². The Bertz CT molecular complexity index is 1210. The highest BCUT2D eigenvalue weighted by atomic mass is 35.5. The van der Waals surface area contributed by atoms with Crippen molar-refractivity contribution in [2.45, 2.75) is 31.7 Å². The highest BCUT2D eigenvalue weighted by Crippen LogP contribution is 2.37. The molecule has 2 aromatic heterocycles. The van der Waals surface area contributed by atoms with Crippen LogP contribution in [0.4, 0.5) is 5.82 Å². The molecule has 1 N–H and O–H groups in total. The van der Waals surface area contributed by atoms with E-state index >= 15 is 0 Å². The molecule has 1 saturated carbocycles. The Hall–Kier alpha value is -2.99. The third-order valence-electron chi connectivity index (χ3n) is 5.75. The number of benzene rings is 2. The van der Waals surface area contributed by atoms with Crippen molar-refractivity contribution in [2.75, 3.05) is 19.5 Å². The normalized spacial score (nSPS) is 14.5. The molecule has 5 rings (SSSR count). The summed E-state index contributed by atoms with van der Waals surface area (Å²) >= 11 is 6.06. The Balaban J connectivity index is 1.74. The van der Waals surface area contributed by atoms with E-state index in [2.05, 4.69) is 5.32 Å². The van der Waals surface area contributed by atoms with Gasteiger partial charge in [0.15, 0.2) is 11.5 Å². The smallest absolute Gasteiger partial charge is 0.162 e. The molecule has 30 heavy (non-hydrogen) atoms. The van der Waals surface area contributed by atoms with Crippen molar-refractivity contribution in [3.8, 4) is 17.2 Å². The van der Waals surface area contributed by atoms with E-state index in [1.165, 1.54) is 25.7 Å². The lowest BCUT2D eigenvalue weighted by molar-refractivity contribution is 0.356. The van der Waals surface area contributed by atoms with Crippen molar-refractivity contribution in [2.24, 2.45) is 0 Å². The Labute approximate surface area is 179 Å². The summed E-state index contributed by atoms with van der Waals surface area (Å²) in [6.45, 7) is 0. The summed E-state index contributed by atoms with van der Waals surface area (Å²) in [4.78, 5) is 4.95. The van der Waals surface area contributed by atoms with Crippen LogP contribution in [-0.2, 0) is 0 Å². The molecule has 0 atom stereocenters. The molecule has 1 aliphatic carbocycles. The maximum absolute atomic E-state index is 6.06. The van der Waals surface area contributed by atoms with Gasteiger partial charge in [-0.1, -0.05) is 24.4 Å². The van der Waals surface area contributed by atoms with Gasteiger partial charge in [-0.25, -0.2) is 9.67 Å². The van der Waals surface area contributed by atoms with Gasteiger partial charge in [-0.2, -0.15) is 5.10 Å². The number of anilines is 1. The number of nitrogens with zero attached hydrogens (tertiary/aromatic N) is 3. The molecule has 0 unspecified atom stereocenters. The first-order chi connectivity index (χ1) is 14.7. The molecule has 0 saturated heterocycles. The fourth-order valence-corrected chi connectivity index (χ4v) is 4.30. The van der Waals surface area contributed by atoms with Crippen LogP contribution in [0.2, 0.25) is 5.02 Å². The van der Waals surface area contributed by atoms with E-state index in [1.54, 1.807) is 14.2 Å². The molecule has 0 aliphatic heterocycles. The second kappa shape index (κ2) is 7.69. The van der Waals surface area contributed by atoms with Gasteiger partial charge in [0.05, 0.1) is 30.8 Å². The first kappa shape index (κ1) is 19.0. The summed E-state index contributed by atoms with van der Waals surface area (Å²) in [5, 5.41) is 11.2. The largest absolute Gasteiger partial charge is 0.493 e. The number of aromatic nitrogens is 3. The van der Waals surface area contributed by atoms with Crippen LogP contribution in [0.25, 0.3) is 27.5 Å². The van der Waals surface area contributed by atoms with Gasteiger partial charge in [0.2, 0.25) is 0 Å². The molecule has 154 valence electrons. The number of nitrogens with one attached hydrogen (secondary N) is 1. The van der Waals surface area contributed by atoms with Gasteiger partial charge in [0.25, 0.3) is 0 Å². The first-order valence-electron chi connectivity index (χ1n) is 10.1. The lowest BCUT2D eigenvalue weighted by Crippen LogP contribution is -2.15. The number of hydrogen-bond donors (Lipinski definition) is 1. The summed E-state index contributed by atoms with van der Waals surface area (Å²) < 4.78 is 12.9. The van der Waals surface area contributed by atoms with Crippen LogP contribution < -0.4 is 14.8 Å². The van der Waals surface area contributed by atoms with Gasteiger partial charge in [-0.3, -0.25) is 0 Å². The van der Waals surface area contributed by atoms with Crippen LogP contribution in [0, 0.1) is 0 Å². The van der Waals surface area contributed by atoms with Crippen LogP contribution in [0.1, 0.15) is 25.7 Å². The molecule has 7 heteroatoms. The molecule has 6 nitrogen and oxygen atoms in total. The summed E-state index contributed by atoms with van der Waals surface area (Å²) in [5.74, 6) is 2.17. The van der Waals surface area contributed by atoms with E-state index in [9.17, 15) is 0 Å². The van der Waals surface area contributed by atoms with Crippen LogP contribution >= 0.6 is 11.6 Å². The second-order valence-electron chi connectivity index (χ2n) is 7.62. The summed E-state index contributed by atoms with van der Waals surface area (Å²) in [5.41, 5.74) is 2.63. The summed E-state index contributed by atoms with van der Waals surface area (Å²) in [6, 6.07) is 11.9. The van der Waals surface area contributed by atoms with Gasteiger partial charge in [0.1, 0.15) is 11.3 Å². The average Bonchev–Trinajstić information content (AvgIpc) is 3.43. The second-order valence-corrected chi connectivity index (χ2v) is 8.06. The topological polar surface area (TPSA) is 61.2 Å². The Kier molecular flexibility index (Phi) is 4.87. The predicted molar refractivity (Wildman–Crippen MR) is 120 cm³/mol. The van der Waals surface area contributed by atoms with Gasteiger partial charge >= 0.3 is 0 Å². The molecule has 2 heterocycles. The van der Waals surface area contributed by atoms with Crippen molar-refractivity contribution in [1.82, 2.24) is 14.8 Å². The zero-order valence-electron chi connectivity index (χ0n) is 17.0. The van der Waals surface area contributed by atoms with E-state index < -0.39 is 0 Å². The molecule has 4 aromatic rings. The maximum atomic E-state index is 6.06. The van der Waals surface area contributed by atoms with Gasteiger partial charge < -0.3 is 14.8 Å². The fourth-order valence-electron chi connectivity index (χ4n) is 4.18. The molecule has 0 bridgehead atoms. The first-order valence-corrected chi connectivity index (χ1v) is 10.5. The zero-order chi connectivity index (χ0) is 20.7. The lowest BCUT2D eigenvalue weighted by atomic mass is 10.1. The van der Waals surface area contributed by atoms with Crippen LogP contribution in [0.5, 0.6) is 11.5 Å². The number of fused-ring (bicyclic) bond motifs is 3. The van der Waals surface area contributed by atoms with Crippen molar-refractivity contribution < 1.29 is 9.47 Å². The summed E-state index contributed by atoms with van der Waals surface area (Å²) in [7, 11) is 3.27. The van der Waals surface area contributed by atoms with Crippen LogP contribution in [0.15, 0.2) is 42.6 Å². The van der Waals surface area contributed by atoms with Crippen molar-refractivity contribution >= 4 is 39.2 Å². The van der Waals surface area contributed by atoms with E-state index in [0.717, 1.165) is 33.3 Å². The number of ether oxygens (including phenoxy) is 2. The third-order valence-corrected chi connectivity index (χ3v) is 6.00. The monoisotopic (exact) mass is 422 g/mol. The third kappa shape index (κ3) is 3.31. The number of hydrogen-bond acceptors (Lipinski definition) is 5. The quantitative estimate of drug-likeness (QED) is 0.453. The minimum Gasteiger partial charge on any atom is -0.493 e. The fraction of sp³-hybridized carbons (Fsp3) is 0.304. The number of rotatable bonds is 5. The average molecular weight is 423 g/mol. The lowest BCUT2D eigenvalue weighted by Gasteiger charge is -2.15. The van der Waals surface area contributed by atoms with Gasteiger partial charge in [-0.05, 0) is 43.2 Å². The van der Waals surface area contributed by atoms with Crippen molar-refractivity contribution in [1.29, 1.82) is 0 Å². The zero-order valence-corrected chi connectivity index (χ0v) is 17.7. The molecule has 0 radical (unpaired) electrons. The van der Waals surface area contributed by atoms with Crippen LogP contribution in [0.3, 0.4) is 0 Å². The minimum absolute atomic E-state index is 0.442. The minimum atomic E-state index is 0.442. The van der Waals surface area contributed by atoms with Gasteiger partial charge in [0, 0.05) is 28.7 Å². The molecule has 0 spiro atoms. The maximum Gasteiger partial charge on any atom is 0.162 e. The highest BCUT2D eigenvalue weighted by Gasteiger charge is 2.20. The Morgan fingerprint density at radius 1 is 1.00 bits per heavy atom. The van der Waals surface area contributed by atoms with Crippen molar-refractivity contribution in [3.05, 3.63) is 47.6 Å². The molecule has 0 amide bonds. The predicted octanol–water partition coefficient (Wildman–Crippen LogP) is 5.60. The number of halogens is 1. The van der Waals surface area contributed by atoms with E-state index in [0.29, 0.717) is 22.6 Å². The molecular weight excluding hydrogens is 400 g/mol. The molecule has 2 aromatic carbocycles. The number of pyridine rings is 1. The van der Waals surface area contributed by atoms with E-state index in [1.807, 2.05) is 47.3 Å².